The minimum atomic E-state index is 0.363. The van der Waals surface area contributed by atoms with Crippen LogP contribution in [0.5, 0.6) is 11.5 Å². The highest BCUT2D eigenvalue weighted by molar-refractivity contribution is 5.32. The molecule has 96 valence electrons. The van der Waals surface area contributed by atoms with E-state index in [-0.39, 0.29) is 0 Å². The van der Waals surface area contributed by atoms with Crippen LogP contribution in [0.3, 0.4) is 0 Å². The molecule has 2 rings (SSSR count). The van der Waals surface area contributed by atoms with Gasteiger partial charge >= 0.3 is 0 Å². The van der Waals surface area contributed by atoms with E-state index in [1.807, 2.05) is 25.4 Å². The van der Waals surface area contributed by atoms with E-state index in [4.69, 9.17) is 4.74 Å². The number of nitrogens with zero attached hydrogens (tertiary/aromatic N) is 2. The maximum atomic E-state index is 5.69. The number of hydrogen-bond donors (Lipinski definition) is 1. The van der Waals surface area contributed by atoms with Crippen LogP contribution in [0.1, 0.15) is 25.5 Å². The maximum Gasteiger partial charge on any atom is 0.165 e. The zero-order valence-corrected chi connectivity index (χ0v) is 11.1. The highest BCUT2D eigenvalue weighted by Crippen LogP contribution is 2.22. The van der Waals surface area contributed by atoms with E-state index in [2.05, 4.69) is 36.4 Å². The monoisotopic (exact) mass is 245 g/mol. The van der Waals surface area contributed by atoms with E-state index in [0.717, 1.165) is 18.0 Å². The SMILES string of the molecule is CCNC(C)c1ccc(Oc2cnn(C)c2)cc1. The lowest BCUT2D eigenvalue weighted by Gasteiger charge is -2.13. The predicted molar refractivity (Wildman–Crippen MR) is 71.8 cm³/mol. The zero-order chi connectivity index (χ0) is 13.0. The normalized spacial score (nSPS) is 12.4. The highest BCUT2D eigenvalue weighted by Gasteiger charge is 2.04. The molecule has 0 spiro atoms. The number of hydrogen-bond acceptors (Lipinski definition) is 3. The Balaban J connectivity index is 2.03. The second kappa shape index (κ2) is 5.69. The van der Waals surface area contributed by atoms with Crippen molar-refractivity contribution in [1.29, 1.82) is 0 Å². The summed E-state index contributed by atoms with van der Waals surface area (Å²) in [5, 5.41) is 7.44. The molecule has 18 heavy (non-hydrogen) atoms. The molecule has 1 N–H and O–H groups in total. The predicted octanol–water partition coefficient (Wildman–Crippen LogP) is 2.88. The van der Waals surface area contributed by atoms with E-state index in [0.29, 0.717) is 6.04 Å². The highest BCUT2D eigenvalue weighted by atomic mass is 16.5. The first kappa shape index (κ1) is 12.6. The van der Waals surface area contributed by atoms with Crippen LogP contribution >= 0.6 is 0 Å². The van der Waals surface area contributed by atoms with Crippen molar-refractivity contribution >= 4 is 0 Å². The van der Waals surface area contributed by atoms with Gasteiger partial charge in [0.05, 0.1) is 12.4 Å². The zero-order valence-electron chi connectivity index (χ0n) is 11.1. The molecule has 4 heteroatoms. The lowest BCUT2D eigenvalue weighted by Crippen LogP contribution is -2.17. The van der Waals surface area contributed by atoms with E-state index in [1.54, 1.807) is 10.9 Å². The molecule has 0 aliphatic carbocycles. The fourth-order valence-electron chi connectivity index (χ4n) is 1.84. The molecule has 0 aliphatic rings. The van der Waals surface area contributed by atoms with Gasteiger partial charge in [0.25, 0.3) is 0 Å². The van der Waals surface area contributed by atoms with Crippen molar-refractivity contribution in [2.45, 2.75) is 19.9 Å². The first-order valence-electron chi connectivity index (χ1n) is 6.19. The Hall–Kier alpha value is -1.81. The van der Waals surface area contributed by atoms with E-state index in [9.17, 15) is 0 Å². The smallest absolute Gasteiger partial charge is 0.165 e. The molecule has 0 amide bonds. The Morgan fingerprint density at radius 2 is 2.00 bits per heavy atom. The Morgan fingerprint density at radius 1 is 1.28 bits per heavy atom. The van der Waals surface area contributed by atoms with Gasteiger partial charge in [-0.3, -0.25) is 4.68 Å². The van der Waals surface area contributed by atoms with Gasteiger partial charge in [0.15, 0.2) is 5.75 Å². The summed E-state index contributed by atoms with van der Waals surface area (Å²) in [7, 11) is 1.87. The number of aryl methyl sites for hydroxylation is 1. The summed E-state index contributed by atoms with van der Waals surface area (Å²) in [6.45, 7) is 5.23. The maximum absolute atomic E-state index is 5.69. The summed E-state index contributed by atoms with van der Waals surface area (Å²) in [5.74, 6) is 1.58. The Labute approximate surface area is 108 Å². The molecule has 0 aliphatic heterocycles. The lowest BCUT2D eigenvalue weighted by molar-refractivity contribution is 0.481. The van der Waals surface area contributed by atoms with Crippen LogP contribution in [-0.2, 0) is 7.05 Å². The van der Waals surface area contributed by atoms with Gasteiger partial charge in [-0.2, -0.15) is 5.10 Å². The fourth-order valence-corrected chi connectivity index (χ4v) is 1.84. The summed E-state index contributed by atoms with van der Waals surface area (Å²) < 4.78 is 7.41. The standard InChI is InChI=1S/C14H19N3O/c1-4-15-11(2)12-5-7-13(8-6-12)18-14-9-16-17(3)10-14/h5-11,15H,4H2,1-3H3. The van der Waals surface area contributed by atoms with Gasteiger partial charge in [-0.15, -0.1) is 0 Å². The van der Waals surface area contributed by atoms with Crippen LogP contribution in [0.4, 0.5) is 0 Å². The average Bonchev–Trinajstić information content (AvgIpc) is 2.76. The van der Waals surface area contributed by atoms with Gasteiger partial charge in [0.1, 0.15) is 5.75 Å². The molecule has 0 saturated heterocycles. The Bertz CT molecular complexity index is 490. The van der Waals surface area contributed by atoms with E-state index in [1.165, 1.54) is 5.56 Å². The average molecular weight is 245 g/mol. The molecular weight excluding hydrogens is 226 g/mol. The van der Waals surface area contributed by atoms with Crippen LogP contribution in [0, 0.1) is 0 Å². The summed E-state index contributed by atoms with van der Waals surface area (Å²) in [6, 6.07) is 8.49. The number of rotatable bonds is 5. The second-order valence-electron chi connectivity index (χ2n) is 4.30. The molecule has 4 nitrogen and oxygen atoms in total. The van der Waals surface area contributed by atoms with Crippen molar-refractivity contribution in [2.75, 3.05) is 6.54 Å². The van der Waals surface area contributed by atoms with Crippen molar-refractivity contribution < 1.29 is 4.74 Å². The molecule has 0 fully saturated rings. The van der Waals surface area contributed by atoms with Gasteiger partial charge in [-0.05, 0) is 31.2 Å². The molecule has 1 aromatic carbocycles. The van der Waals surface area contributed by atoms with Crippen molar-refractivity contribution in [3.63, 3.8) is 0 Å². The van der Waals surface area contributed by atoms with Gasteiger partial charge in [0.2, 0.25) is 0 Å². The van der Waals surface area contributed by atoms with Crippen LogP contribution in [-0.4, -0.2) is 16.3 Å². The van der Waals surface area contributed by atoms with E-state index >= 15 is 0 Å². The van der Waals surface area contributed by atoms with Gasteiger partial charge < -0.3 is 10.1 Å². The first-order valence-corrected chi connectivity index (χ1v) is 6.19. The van der Waals surface area contributed by atoms with Crippen LogP contribution in [0.25, 0.3) is 0 Å². The number of aromatic nitrogens is 2. The van der Waals surface area contributed by atoms with Crippen molar-refractivity contribution in [1.82, 2.24) is 15.1 Å². The summed E-state index contributed by atoms with van der Waals surface area (Å²) in [5.41, 5.74) is 1.26. The lowest BCUT2D eigenvalue weighted by atomic mass is 10.1. The Kier molecular flexibility index (Phi) is 3.99. The minimum Gasteiger partial charge on any atom is -0.454 e. The number of ether oxygens (including phenoxy) is 1. The molecule has 1 heterocycles. The second-order valence-corrected chi connectivity index (χ2v) is 4.30. The molecule has 2 aromatic rings. The van der Waals surface area contributed by atoms with Gasteiger partial charge in [-0.25, -0.2) is 0 Å². The number of nitrogens with one attached hydrogen (secondary N) is 1. The topological polar surface area (TPSA) is 39.1 Å². The van der Waals surface area contributed by atoms with Crippen LogP contribution in [0.15, 0.2) is 36.7 Å². The van der Waals surface area contributed by atoms with Crippen LogP contribution < -0.4 is 10.1 Å². The fraction of sp³-hybridized carbons (Fsp3) is 0.357. The third kappa shape index (κ3) is 3.11. The molecule has 0 bridgehead atoms. The molecule has 1 unspecified atom stereocenters. The minimum absolute atomic E-state index is 0.363. The summed E-state index contributed by atoms with van der Waals surface area (Å²) in [6.07, 6.45) is 3.55. The molecule has 1 aromatic heterocycles. The molecular formula is C14H19N3O. The largest absolute Gasteiger partial charge is 0.454 e. The van der Waals surface area contributed by atoms with Crippen LogP contribution in [0.2, 0.25) is 0 Å². The van der Waals surface area contributed by atoms with Gasteiger partial charge in [-0.1, -0.05) is 19.1 Å². The van der Waals surface area contributed by atoms with Crippen molar-refractivity contribution in [3.8, 4) is 11.5 Å². The molecule has 1 atom stereocenters. The molecule has 0 saturated carbocycles. The summed E-state index contributed by atoms with van der Waals surface area (Å²) >= 11 is 0. The Morgan fingerprint density at radius 3 is 2.56 bits per heavy atom. The van der Waals surface area contributed by atoms with Gasteiger partial charge in [0, 0.05) is 13.1 Å². The third-order valence-corrected chi connectivity index (χ3v) is 2.81. The van der Waals surface area contributed by atoms with E-state index < -0.39 is 0 Å². The summed E-state index contributed by atoms with van der Waals surface area (Å²) in [4.78, 5) is 0. The van der Waals surface area contributed by atoms with Crippen molar-refractivity contribution in [3.05, 3.63) is 42.2 Å². The first-order chi connectivity index (χ1) is 8.69. The third-order valence-electron chi connectivity index (χ3n) is 2.81. The quantitative estimate of drug-likeness (QED) is 0.880. The molecule has 0 radical (unpaired) electrons. The number of benzene rings is 1. The van der Waals surface area contributed by atoms with Crippen molar-refractivity contribution in [2.24, 2.45) is 7.05 Å².